The van der Waals surface area contributed by atoms with Crippen molar-refractivity contribution >= 4 is 24.0 Å². The minimum Gasteiger partial charge on any atom is -0.325 e. The molecule has 2 rings (SSSR count). The first-order valence-corrected chi connectivity index (χ1v) is 7.37. The van der Waals surface area contributed by atoms with E-state index in [0.717, 1.165) is 25.2 Å². The lowest BCUT2D eigenvalue weighted by molar-refractivity contribution is -0.117. The molecule has 1 heterocycles. The Morgan fingerprint density at radius 2 is 2.05 bits per heavy atom. The molecule has 4 nitrogen and oxygen atoms in total. The van der Waals surface area contributed by atoms with E-state index in [1.165, 1.54) is 5.56 Å². The van der Waals surface area contributed by atoms with Crippen molar-refractivity contribution in [2.45, 2.75) is 32.2 Å². The van der Waals surface area contributed by atoms with Crippen molar-refractivity contribution in [3.63, 3.8) is 0 Å². The lowest BCUT2D eigenvalue weighted by Crippen LogP contribution is -2.39. The predicted octanol–water partition coefficient (Wildman–Crippen LogP) is 2.46. The Hall–Kier alpha value is -1.10. The van der Waals surface area contributed by atoms with Gasteiger partial charge in [-0.25, -0.2) is 0 Å². The van der Waals surface area contributed by atoms with Crippen molar-refractivity contribution in [3.8, 4) is 0 Å². The minimum atomic E-state index is 0. The van der Waals surface area contributed by atoms with Crippen LogP contribution in [0.25, 0.3) is 0 Å². The molecule has 1 aromatic rings. The minimum absolute atomic E-state index is 0. The van der Waals surface area contributed by atoms with Crippen LogP contribution in [0, 0.1) is 0 Å². The van der Waals surface area contributed by atoms with E-state index < -0.39 is 0 Å². The lowest BCUT2D eigenvalue weighted by Gasteiger charge is -2.22. The number of anilines is 1. The molecule has 1 fully saturated rings. The summed E-state index contributed by atoms with van der Waals surface area (Å²) < 4.78 is 0. The number of nitrogens with one attached hydrogen (secondary N) is 2. The second-order valence-corrected chi connectivity index (χ2v) is 5.89. The number of hydrogen-bond donors (Lipinski definition) is 2. The number of halogens is 1. The molecule has 118 valence electrons. The quantitative estimate of drug-likeness (QED) is 0.878. The van der Waals surface area contributed by atoms with Gasteiger partial charge in [0.25, 0.3) is 0 Å². The van der Waals surface area contributed by atoms with Crippen LogP contribution in [0.1, 0.15) is 31.7 Å². The van der Waals surface area contributed by atoms with E-state index in [1.54, 1.807) is 0 Å². The van der Waals surface area contributed by atoms with Crippen LogP contribution in [-0.4, -0.2) is 43.5 Å². The molecular weight excluding hydrogens is 286 g/mol. The van der Waals surface area contributed by atoms with E-state index in [9.17, 15) is 4.79 Å². The van der Waals surface area contributed by atoms with E-state index in [2.05, 4.69) is 41.5 Å². The van der Waals surface area contributed by atoms with E-state index in [1.807, 2.05) is 19.2 Å². The van der Waals surface area contributed by atoms with Crippen LogP contribution in [-0.2, 0) is 4.79 Å². The van der Waals surface area contributed by atoms with E-state index in [4.69, 9.17) is 0 Å². The summed E-state index contributed by atoms with van der Waals surface area (Å²) in [5, 5.41) is 6.28. The van der Waals surface area contributed by atoms with Gasteiger partial charge in [0.2, 0.25) is 5.91 Å². The van der Waals surface area contributed by atoms with Gasteiger partial charge in [-0.2, -0.15) is 0 Å². The van der Waals surface area contributed by atoms with Gasteiger partial charge in [-0.3, -0.25) is 9.69 Å². The van der Waals surface area contributed by atoms with Gasteiger partial charge in [0, 0.05) is 18.3 Å². The summed E-state index contributed by atoms with van der Waals surface area (Å²) in [5.41, 5.74) is 2.16. The summed E-state index contributed by atoms with van der Waals surface area (Å²) in [6.45, 7) is 6.80. The molecule has 1 unspecified atom stereocenters. The number of carbonyl (C=O) groups is 1. The highest BCUT2D eigenvalue weighted by atomic mass is 35.5. The van der Waals surface area contributed by atoms with Gasteiger partial charge in [0.05, 0.1) is 6.54 Å². The van der Waals surface area contributed by atoms with Gasteiger partial charge >= 0.3 is 0 Å². The number of carbonyl (C=O) groups excluding carboxylic acids is 1. The van der Waals surface area contributed by atoms with Gasteiger partial charge in [-0.1, -0.05) is 26.0 Å². The summed E-state index contributed by atoms with van der Waals surface area (Å²) in [5.74, 6) is 0.567. The molecule has 1 aliphatic heterocycles. The standard InChI is InChI=1S/C16H25N3O.ClH/c1-12(2)13-4-6-14(7-5-13)18-16(20)11-19(3)15-8-9-17-10-15;/h4-7,12,15,17H,8-11H2,1-3H3,(H,18,20);1H. The summed E-state index contributed by atoms with van der Waals surface area (Å²) in [4.78, 5) is 14.1. The highest BCUT2D eigenvalue weighted by molar-refractivity contribution is 5.92. The Morgan fingerprint density at radius 1 is 1.38 bits per heavy atom. The molecule has 0 radical (unpaired) electrons. The third kappa shape index (κ3) is 5.30. The molecule has 0 bridgehead atoms. The van der Waals surface area contributed by atoms with Crippen molar-refractivity contribution in [1.82, 2.24) is 10.2 Å². The smallest absolute Gasteiger partial charge is 0.238 e. The maximum atomic E-state index is 12.0. The maximum Gasteiger partial charge on any atom is 0.238 e. The summed E-state index contributed by atoms with van der Waals surface area (Å²) in [7, 11) is 2.01. The Morgan fingerprint density at radius 3 is 2.57 bits per heavy atom. The largest absolute Gasteiger partial charge is 0.325 e. The molecule has 5 heteroatoms. The van der Waals surface area contributed by atoms with Gasteiger partial charge in [-0.15, -0.1) is 12.4 Å². The summed E-state index contributed by atoms with van der Waals surface area (Å²) in [6, 6.07) is 8.58. The Bertz CT molecular complexity index is 441. The molecular formula is C16H26ClN3O. The number of benzene rings is 1. The van der Waals surface area contributed by atoms with Crippen molar-refractivity contribution in [1.29, 1.82) is 0 Å². The van der Waals surface area contributed by atoms with E-state index in [0.29, 0.717) is 18.5 Å². The van der Waals surface area contributed by atoms with Crippen LogP contribution in [0.5, 0.6) is 0 Å². The fourth-order valence-corrected chi connectivity index (χ4v) is 2.52. The molecule has 2 N–H and O–H groups in total. The summed E-state index contributed by atoms with van der Waals surface area (Å²) >= 11 is 0. The van der Waals surface area contributed by atoms with E-state index >= 15 is 0 Å². The molecule has 0 aliphatic carbocycles. The van der Waals surface area contributed by atoms with Crippen molar-refractivity contribution in [3.05, 3.63) is 29.8 Å². The number of rotatable bonds is 5. The van der Waals surface area contributed by atoms with Gasteiger partial charge in [-0.05, 0) is 43.6 Å². The first-order chi connectivity index (χ1) is 9.56. The van der Waals surface area contributed by atoms with Crippen molar-refractivity contribution in [2.75, 3.05) is 32.0 Å². The topological polar surface area (TPSA) is 44.4 Å². The maximum absolute atomic E-state index is 12.0. The Balaban J connectivity index is 0.00000220. The van der Waals surface area contributed by atoms with E-state index in [-0.39, 0.29) is 18.3 Å². The Kier molecular flexibility index (Phi) is 7.15. The third-order valence-electron chi connectivity index (χ3n) is 3.91. The first kappa shape index (κ1) is 18.0. The molecule has 1 aliphatic rings. The van der Waals surface area contributed by atoms with Crippen LogP contribution in [0.2, 0.25) is 0 Å². The molecule has 0 saturated carbocycles. The monoisotopic (exact) mass is 311 g/mol. The molecule has 1 amide bonds. The van der Waals surface area contributed by atoms with Crippen LogP contribution < -0.4 is 10.6 Å². The SMILES string of the molecule is CC(C)c1ccc(NC(=O)CN(C)C2CCNC2)cc1.Cl. The number of likely N-dealkylation sites (N-methyl/N-ethyl adjacent to an activating group) is 1. The van der Waals surface area contributed by atoms with Crippen LogP contribution >= 0.6 is 12.4 Å². The molecule has 0 spiro atoms. The molecule has 0 aromatic heterocycles. The zero-order valence-electron chi connectivity index (χ0n) is 13.1. The second-order valence-electron chi connectivity index (χ2n) is 5.89. The highest BCUT2D eigenvalue weighted by Crippen LogP contribution is 2.17. The predicted molar refractivity (Wildman–Crippen MR) is 90.3 cm³/mol. The van der Waals surface area contributed by atoms with Gasteiger partial charge < -0.3 is 10.6 Å². The van der Waals surface area contributed by atoms with Gasteiger partial charge in [0.15, 0.2) is 0 Å². The lowest BCUT2D eigenvalue weighted by atomic mass is 10.0. The average Bonchev–Trinajstić information content (AvgIpc) is 2.93. The van der Waals surface area contributed by atoms with Crippen molar-refractivity contribution < 1.29 is 4.79 Å². The normalized spacial score (nSPS) is 17.9. The number of amides is 1. The Labute approximate surface area is 133 Å². The molecule has 1 aromatic carbocycles. The fraction of sp³-hybridized carbons (Fsp3) is 0.562. The first-order valence-electron chi connectivity index (χ1n) is 7.37. The molecule has 1 saturated heterocycles. The average molecular weight is 312 g/mol. The zero-order valence-corrected chi connectivity index (χ0v) is 13.9. The van der Waals surface area contributed by atoms with Crippen LogP contribution in [0.3, 0.4) is 0 Å². The molecule has 1 atom stereocenters. The fourth-order valence-electron chi connectivity index (χ4n) is 2.52. The summed E-state index contributed by atoms with van der Waals surface area (Å²) in [6.07, 6.45) is 1.12. The number of hydrogen-bond acceptors (Lipinski definition) is 3. The number of nitrogens with zero attached hydrogens (tertiary/aromatic N) is 1. The second kappa shape index (κ2) is 8.37. The van der Waals surface area contributed by atoms with Crippen LogP contribution in [0.4, 0.5) is 5.69 Å². The molecule has 21 heavy (non-hydrogen) atoms. The van der Waals surface area contributed by atoms with Gasteiger partial charge in [0.1, 0.15) is 0 Å². The highest BCUT2D eigenvalue weighted by Gasteiger charge is 2.20. The van der Waals surface area contributed by atoms with Crippen molar-refractivity contribution in [2.24, 2.45) is 0 Å². The third-order valence-corrected chi connectivity index (χ3v) is 3.91. The zero-order chi connectivity index (χ0) is 14.5. The van der Waals surface area contributed by atoms with Crippen LogP contribution in [0.15, 0.2) is 24.3 Å².